The van der Waals surface area contributed by atoms with Crippen LogP contribution in [0.2, 0.25) is 0 Å². The van der Waals surface area contributed by atoms with Gasteiger partial charge >= 0.3 is 0 Å². The number of carbonyl (C=O) groups is 1. The van der Waals surface area contributed by atoms with Crippen molar-refractivity contribution in [2.75, 3.05) is 33.4 Å². The number of rotatable bonds is 12. The molecule has 198 valence electrons. The van der Waals surface area contributed by atoms with Gasteiger partial charge in [0.2, 0.25) is 5.91 Å². The molecular formula is C26H38N4O5S. The molecule has 0 bridgehead atoms. The van der Waals surface area contributed by atoms with Crippen molar-refractivity contribution < 1.29 is 23.1 Å². The summed E-state index contributed by atoms with van der Waals surface area (Å²) in [5, 5.41) is 17.4. The third kappa shape index (κ3) is 7.09. The number of carbonyl (C=O) groups excluding carboxylic acids is 1. The largest absolute Gasteiger partial charge is 0.390 e. The molecule has 0 radical (unpaired) electrons. The molecule has 9 nitrogen and oxygen atoms in total. The van der Waals surface area contributed by atoms with E-state index in [9.17, 15) is 18.3 Å². The van der Waals surface area contributed by atoms with Crippen molar-refractivity contribution in [3.8, 4) is 0 Å². The van der Waals surface area contributed by atoms with E-state index >= 15 is 0 Å². The Morgan fingerprint density at radius 2 is 2.11 bits per heavy atom. The molecule has 1 fully saturated rings. The Hall–Kier alpha value is -2.40. The van der Waals surface area contributed by atoms with Gasteiger partial charge in [-0.25, -0.2) is 8.42 Å². The van der Waals surface area contributed by atoms with Crippen LogP contribution in [0.15, 0.2) is 53.7 Å². The highest BCUT2D eigenvalue weighted by Crippen LogP contribution is 2.23. The number of aliphatic hydroxyl groups excluding tert-OH is 1. The third-order valence-corrected chi connectivity index (χ3v) is 8.73. The van der Waals surface area contributed by atoms with Gasteiger partial charge in [0.1, 0.15) is 0 Å². The minimum Gasteiger partial charge on any atom is -0.390 e. The van der Waals surface area contributed by atoms with Crippen molar-refractivity contribution in [3.05, 3.63) is 59.3 Å². The van der Waals surface area contributed by atoms with Crippen LogP contribution < -0.4 is 10.6 Å². The first-order chi connectivity index (χ1) is 17.3. The molecule has 36 heavy (non-hydrogen) atoms. The van der Waals surface area contributed by atoms with E-state index in [0.29, 0.717) is 26.1 Å². The summed E-state index contributed by atoms with van der Waals surface area (Å²) in [6, 6.07) is 8.97. The van der Waals surface area contributed by atoms with Gasteiger partial charge in [0.05, 0.1) is 24.9 Å². The Morgan fingerprint density at radius 3 is 2.75 bits per heavy atom. The molecule has 1 saturated heterocycles. The van der Waals surface area contributed by atoms with Gasteiger partial charge < -0.3 is 25.4 Å². The SMILES string of the molecule is CN1C=C(S(=O)(=O)N(CC2CCCO2)CC(O)C(Cc2ccccc2)NC(=O)CC2C=CCC2)NC1. The number of hydrogen-bond acceptors (Lipinski definition) is 7. The van der Waals surface area contributed by atoms with Gasteiger partial charge in [-0.15, -0.1) is 0 Å². The monoisotopic (exact) mass is 518 g/mol. The highest BCUT2D eigenvalue weighted by atomic mass is 32.2. The zero-order valence-corrected chi connectivity index (χ0v) is 21.7. The van der Waals surface area contributed by atoms with Gasteiger partial charge in [0, 0.05) is 39.4 Å². The number of sulfonamides is 1. The summed E-state index contributed by atoms with van der Waals surface area (Å²) in [5.41, 5.74) is 0.956. The van der Waals surface area contributed by atoms with Gasteiger partial charge in [0.25, 0.3) is 10.0 Å². The maximum absolute atomic E-state index is 13.5. The fourth-order valence-electron chi connectivity index (χ4n) is 4.93. The first-order valence-electron chi connectivity index (χ1n) is 12.8. The average Bonchev–Trinajstić information content (AvgIpc) is 3.63. The average molecular weight is 519 g/mol. The quantitative estimate of drug-likeness (QED) is 0.360. The van der Waals surface area contributed by atoms with Crippen molar-refractivity contribution in [1.29, 1.82) is 0 Å². The summed E-state index contributed by atoms with van der Waals surface area (Å²) in [6.45, 7) is 1.01. The van der Waals surface area contributed by atoms with E-state index in [1.54, 1.807) is 18.1 Å². The minimum absolute atomic E-state index is 0.104. The lowest BCUT2D eigenvalue weighted by Crippen LogP contribution is -2.52. The van der Waals surface area contributed by atoms with E-state index in [1.165, 1.54) is 4.31 Å². The van der Waals surface area contributed by atoms with Gasteiger partial charge in [0.15, 0.2) is 5.03 Å². The van der Waals surface area contributed by atoms with Crippen LogP contribution in [0, 0.1) is 5.92 Å². The Morgan fingerprint density at radius 1 is 1.31 bits per heavy atom. The Bertz CT molecular complexity index is 1040. The molecule has 4 rings (SSSR count). The summed E-state index contributed by atoms with van der Waals surface area (Å²) >= 11 is 0. The van der Waals surface area contributed by atoms with Gasteiger partial charge in [-0.3, -0.25) is 4.79 Å². The van der Waals surface area contributed by atoms with Crippen LogP contribution in [0.4, 0.5) is 0 Å². The second kappa shape index (κ2) is 12.2. The summed E-state index contributed by atoms with van der Waals surface area (Å²) in [5.74, 6) is 0.0649. The molecule has 2 heterocycles. The zero-order chi connectivity index (χ0) is 25.5. The number of hydrogen-bond donors (Lipinski definition) is 3. The second-order valence-corrected chi connectivity index (χ2v) is 11.8. The highest BCUT2D eigenvalue weighted by molar-refractivity contribution is 7.92. The molecule has 10 heteroatoms. The number of amides is 1. The fourth-order valence-corrected chi connectivity index (χ4v) is 6.48. The molecule has 0 saturated carbocycles. The second-order valence-electron chi connectivity index (χ2n) is 9.94. The molecule has 1 aromatic rings. The van der Waals surface area contributed by atoms with Crippen LogP contribution in [0.25, 0.3) is 0 Å². The van der Waals surface area contributed by atoms with Crippen LogP contribution in [0.5, 0.6) is 0 Å². The molecule has 1 aliphatic carbocycles. The smallest absolute Gasteiger partial charge is 0.259 e. The third-order valence-electron chi connectivity index (χ3n) is 6.95. The molecule has 1 aromatic carbocycles. The lowest BCUT2D eigenvalue weighted by atomic mass is 9.99. The van der Waals surface area contributed by atoms with Crippen LogP contribution in [0.1, 0.15) is 37.7 Å². The van der Waals surface area contributed by atoms with E-state index in [0.717, 1.165) is 31.2 Å². The summed E-state index contributed by atoms with van der Waals surface area (Å²) < 4.78 is 34.1. The molecule has 2 aliphatic heterocycles. The van der Waals surface area contributed by atoms with Crippen LogP contribution >= 0.6 is 0 Å². The molecular weight excluding hydrogens is 480 g/mol. The van der Waals surface area contributed by atoms with Crippen LogP contribution in [0.3, 0.4) is 0 Å². The van der Waals surface area contributed by atoms with Gasteiger partial charge in [-0.05, 0) is 43.6 Å². The Balaban J connectivity index is 1.51. The molecule has 1 amide bonds. The maximum atomic E-state index is 13.5. The number of ether oxygens (including phenoxy) is 1. The number of allylic oxidation sites excluding steroid dienone is 2. The first-order valence-corrected chi connectivity index (χ1v) is 14.2. The van der Waals surface area contributed by atoms with Crippen LogP contribution in [-0.4, -0.2) is 80.3 Å². The molecule has 0 aromatic heterocycles. The molecule has 3 aliphatic rings. The van der Waals surface area contributed by atoms with Crippen molar-refractivity contribution in [2.45, 2.75) is 56.8 Å². The highest BCUT2D eigenvalue weighted by Gasteiger charge is 2.36. The number of aliphatic hydroxyl groups is 1. The van der Waals surface area contributed by atoms with Crippen molar-refractivity contribution in [1.82, 2.24) is 19.8 Å². The number of nitrogens with one attached hydrogen (secondary N) is 2. The number of nitrogens with zero attached hydrogens (tertiary/aromatic N) is 2. The Labute approximate surface area is 214 Å². The Kier molecular flexibility index (Phi) is 9.05. The minimum atomic E-state index is -3.89. The predicted octanol–water partition coefficient (Wildman–Crippen LogP) is 1.53. The van der Waals surface area contributed by atoms with E-state index in [2.05, 4.69) is 22.8 Å². The van der Waals surface area contributed by atoms with Crippen molar-refractivity contribution in [3.63, 3.8) is 0 Å². The zero-order valence-electron chi connectivity index (χ0n) is 20.9. The normalized spacial score (nSPS) is 23.5. The summed E-state index contributed by atoms with van der Waals surface area (Å²) in [4.78, 5) is 14.6. The molecule has 3 N–H and O–H groups in total. The lowest BCUT2D eigenvalue weighted by molar-refractivity contribution is -0.123. The fraction of sp³-hybridized carbons (Fsp3) is 0.577. The van der Waals surface area contributed by atoms with Crippen molar-refractivity contribution >= 4 is 15.9 Å². The standard InChI is InChI=1S/C26H38N4O5S/c1-29-18-26(27-19-29)36(33,34)30(16-22-12-7-13-35-22)17-24(31)23(14-20-8-3-2-4-9-20)28-25(32)15-21-10-5-6-11-21/h2-5,8-10,18,21-24,27,31H,6-7,11-17,19H2,1H3,(H,28,32). The van der Waals surface area contributed by atoms with Crippen molar-refractivity contribution in [2.24, 2.45) is 5.92 Å². The number of benzene rings is 1. The van der Waals surface area contributed by atoms with E-state index < -0.39 is 22.2 Å². The molecule has 4 unspecified atom stereocenters. The summed E-state index contributed by atoms with van der Waals surface area (Å²) in [7, 11) is -2.10. The van der Waals surface area contributed by atoms with E-state index in [4.69, 9.17) is 4.74 Å². The van der Waals surface area contributed by atoms with E-state index in [-0.39, 0.29) is 36.0 Å². The van der Waals surface area contributed by atoms with E-state index in [1.807, 2.05) is 30.3 Å². The molecule has 0 spiro atoms. The lowest BCUT2D eigenvalue weighted by Gasteiger charge is -2.31. The topological polar surface area (TPSA) is 111 Å². The maximum Gasteiger partial charge on any atom is 0.259 e. The van der Waals surface area contributed by atoms with Gasteiger partial charge in [-0.1, -0.05) is 42.5 Å². The van der Waals surface area contributed by atoms with Crippen LogP contribution in [-0.2, 0) is 26.0 Å². The summed E-state index contributed by atoms with van der Waals surface area (Å²) in [6.07, 6.45) is 8.71. The predicted molar refractivity (Wildman–Crippen MR) is 138 cm³/mol. The first kappa shape index (κ1) is 26.7. The van der Waals surface area contributed by atoms with Gasteiger partial charge in [-0.2, -0.15) is 4.31 Å². The molecule has 4 atom stereocenters.